The Bertz CT molecular complexity index is 915. The highest BCUT2D eigenvalue weighted by Gasteiger charge is 2.44. The van der Waals surface area contributed by atoms with Gasteiger partial charge in [-0.3, -0.25) is 4.79 Å². The first-order valence-electron chi connectivity index (χ1n) is 25.3. The van der Waals surface area contributed by atoms with Gasteiger partial charge in [0.2, 0.25) is 0 Å². The maximum Gasteiger partial charge on any atom is 0.306 e. The van der Waals surface area contributed by atoms with Gasteiger partial charge in [0.25, 0.3) is 0 Å². The molecule has 6 atom stereocenters. The number of aliphatic hydroxyl groups excluding tert-OH is 4. The zero-order valence-corrected chi connectivity index (χ0v) is 38.5. The number of carbonyl (C=O) groups excluding carboxylic acids is 1. The Morgan fingerprint density at radius 3 is 1.41 bits per heavy atom. The molecule has 1 fully saturated rings. The van der Waals surface area contributed by atoms with Crippen molar-refractivity contribution in [1.82, 2.24) is 0 Å². The normalized spacial score (nSPS) is 20.1. The van der Waals surface area contributed by atoms with Gasteiger partial charge in [-0.15, -0.1) is 0 Å². The number of hydrogen-bond acceptors (Lipinski definition) is 9. The Labute approximate surface area is 363 Å². The van der Waals surface area contributed by atoms with Crippen LogP contribution in [0, 0.1) is 0 Å². The molecule has 1 saturated heterocycles. The number of rotatable bonds is 44. The number of aliphatic hydroxyl groups is 4. The molecule has 0 amide bonds. The fourth-order valence-electron chi connectivity index (χ4n) is 7.96. The van der Waals surface area contributed by atoms with Crippen LogP contribution in [-0.4, -0.2) is 89.6 Å². The van der Waals surface area contributed by atoms with Crippen LogP contribution in [0.1, 0.15) is 239 Å². The van der Waals surface area contributed by atoms with E-state index in [0.29, 0.717) is 13.0 Å². The van der Waals surface area contributed by atoms with Gasteiger partial charge < -0.3 is 39.4 Å². The molecule has 0 aromatic carbocycles. The van der Waals surface area contributed by atoms with Crippen molar-refractivity contribution in [2.75, 3.05) is 26.4 Å². The summed E-state index contributed by atoms with van der Waals surface area (Å²) in [6.45, 7) is 4.57. The van der Waals surface area contributed by atoms with E-state index in [-0.39, 0.29) is 19.2 Å². The van der Waals surface area contributed by atoms with Crippen LogP contribution in [0.15, 0.2) is 12.2 Å². The number of unbranched alkanes of at least 4 members (excludes halogenated alkanes) is 31. The van der Waals surface area contributed by atoms with E-state index in [1.165, 1.54) is 173 Å². The average molecular weight is 841 g/mol. The lowest BCUT2D eigenvalue weighted by Gasteiger charge is -2.39. The van der Waals surface area contributed by atoms with Gasteiger partial charge in [0.1, 0.15) is 30.5 Å². The van der Waals surface area contributed by atoms with Crippen LogP contribution in [0.4, 0.5) is 0 Å². The second-order valence-corrected chi connectivity index (χ2v) is 17.6. The molecule has 0 spiro atoms. The molecule has 1 aliphatic rings. The maximum absolute atomic E-state index is 12.8. The van der Waals surface area contributed by atoms with Crippen LogP contribution in [0.3, 0.4) is 0 Å². The van der Waals surface area contributed by atoms with Gasteiger partial charge in [-0.05, 0) is 38.5 Å². The molecule has 9 nitrogen and oxygen atoms in total. The molecule has 0 aromatic rings. The minimum atomic E-state index is -1.53. The van der Waals surface area contributed by atoms with Crippen molar-refractivity contribution in [3.63, 3.8) is 0 Å². The summed E-state index contributed by atoms with van der Waals surface area (Å²) in [6.07, 6.45) is 41.2. The van der Waals surface area contributed by atoms with E-state index in [4.69, 9.17) is 18.9 Å². The zero-order chi connectivity index (χ0) is 42.9. The van der Waals surface area contributed by atoms with Crippen LogP contribution < -0.4 is 0 Å². The Balaban J connectivity index is 2.14. The third-order valence-corrected chi connectivity index (χ3v) is 11.9. The van der Waals surface area contributed by atoms with Gasteiger partial charge in [-0.25, -0.2) is 0 Å². The smallest absolute Gasteiger partial charge is 0.306 e. The lowest BCUT2D eigenvalue weighted by molar-refractivity contribution is -0.305. The molecule has 4 N–H and O–H groups in total. The van der Waals surface area contributed by atoms with Gasteiger partial charge in [-0.2, -0.15) is 0 Å². The van der Waals surface area contributed by atoms with E-state index >= 15 is 0 Å². The van der Waals surface area contributed by atoms with E-state index in [2.05, 4.69) is 26.0 Å². The molecule has 1 heterocycles. The van der Waals surface area contributed by atoms with E-state index in [9.17, 15) is 25.2 Å². The number of allylic oxidation sites excluding steroid dienone is 2. The predicted octanol–water partition coefficient (Wildman–Crippen LogP) is 12.0. The Hall–Kier alpha value is -1.07. The minimum Gasteiger partial charge on any atom is -0.457 e. The quantitative estimate of drug-likeness (QED) is 0.0269. The van der Waals surface area contributed by atoms with E-state index in [1.54, 1.807) is 0 Å². The van der Waals surface area contributed by atoms with Crippen LogP contribution in [-0.2, 0) is 23.7 Å². The van der Waals surface area contributed by atoms with Crippen molar-refractivity contribution in [1.29, 1.82) is 0 Å². The molecular formula is C50H96O9. The minimum absolute atomic E-state index is 0.111. The van der Waals surface area contributed by atoms with Gasteiger partial charge in [-0.1, -0.05) is 206 Å². The van der Waals surface area contributed by atoms with Gasteiger partial charge in [0.15, 0.2) is 6.29 Å². The second-order valence-electron chi connectivity index (χ2n) is 17.6. The lowest BCUT2D eigenvalue weighted by atomic mass is 9.99. The first kappa shape index (κ1) is 55.9. The number of hydrogen-bond donors (Lipinski definition) is 4. The molecule has 59 heavy (non-hydrogen) atoms. The van der Waals surface area contributed by atoms with Crippen LogP contribution >= 0.6 is 0 Å². The largest absolute Gasteiger partial charge is 0.457 e. The monoisotopic (exact) mass is 841 g/mol. The molecular weight excluding hydrogens is 745 g/mol. The second kappa shape index (κ2) is 42.2. The van der Waals surface area contributed by atoms with Crippen molar-refractivity contribution >= 4 is 5.97 Å². The molecule has 1 rings (SSSR count). The highest BCUT2D eigenvalue weighted by atomic mass is 16.7. The van der Waals surface area contributed by atoms with Crippen LogP contribution in [0.5, 0.6) is 0 Å². The van der Waals surface area contributed by atoms with Gasteiger partial charge in [0, 0.05) is 13.0 Å². The number of esters is 1. The molecule has 6 unspecified atom stereocenters. The fraction of sp³-hybridized carbons (Fsp3) is 0.940. The molecule has 350 valence electrons. The standard InChI is InChI=1S/C50H96O9/c1-3-5-7-9-11-13-15-17-18-19-20-21-22-23-24-25-26-27-28-30-32-34-36-38-40-56-42-44(43-57-50-49(55)48(54)47(53)45(41-51)59-50)58-46(52)39-37-35-33-31-29-16-14-12-10-8-6-4-2/h12,14,44-45,47-51,53-55H,3-11,13,15-43H2,1-2H3/b14-12-. The molecule has 1 aliphatic heterocycles. The highest BCUT2D eigenvalue weighted by Crippen LogP contribution is 2.23. The van der Waals surface area contributed by atoms with Crippen LogP contribution in [0.25, 0.3) is 0 Å². The number of ether oxygens (including phenoxy) is 4. The summed E-state index contributed by atoms with van der Waals surface area (Å²) >= 11 is 0. The van der Waals surface area contributed by atoms with E-state index in [1.807, 2.05) is 0 Å². The predicted molar refractivity (Wildman–Crippen MR) is 243 cm³/mol. The Morgan fingerprint density at radius 2 is 0.932 bits per heavy atom. The summed E-state index contributed by atoms with van der Waals surface area (Å²) in [7, 11) is 0. The number of carbonyl (C=O) groups is 1. The maximum atomic E-state index is 12.8. The Kier molecular flexibility index (Phi) is 40.1. The summed E-state index contributed by atoms with van der Waals surface area (Å²) < 4.78 is 22.8. The van der Waals surface area contributed by atoms with Gasteiger partial charge >= 0.3 is 5.97 Å². The molecule has 0 bridgehead atoms. The summed E-state index contributed by atoms with van der Waals surface area (Å²) in [5, 5.41) is 40.1. The van der Waals surface area contributed by atoms with Crippen molar-refractivity contribution < 1.29 is 44.2 Å². The third-order valence-electron chi connectivity index (χ3n) is 11.9. The highest BCUT2D eigenvalue weighted by molar-refractivity contribution is 5.69. The van der Waals surface area contributed by atoms with Crippen molar-refractivity contribution in [3.8, 4) is 0 Å². The zero-order valence-electron chi connectivity index (χ0n) is 38.5. The van der Waals surface area contributed by atoms with Crippen LogP contribution in [0.2, 0.25) is 0 Å². The molecule has 0 saturated carbocycles. The Morgan fingerprint density at radius 1 is 0.525 bits per heavy atom. The third kappa shape index (κ3) is 33.2. The summed E-state index contributed by atoms with van der Waals surface area (Å²) in [6, 6.07) is 0. The molecule has 0 aromatic heterocycles. The molecule has 0 aliphatic carbocycles. The fourth-order valence-corrected chi connectivity index (χ4v) is 7.96. The molecule has 9 heteroatoms. The summed E-state index contributed by atoms with van der Waals surface area (Å²) in [4.78, 5) is 12.8. The lowest BCUT2D eigenvalue weighted by Crippen LogP contribution is -2.59. The SMILES string of the molecule is CCCCC/C=C\CCCCCCCC(=O)OC(COCCCCCCCCCCCCCCCCCCCCCCCCCC)COC1OC(CO)C(O)C(O)C1O. The molecule has 0 radical (unpaired) electrons. The first-order chi connectivity index (χ1) is 28.9. The first-order valence-corrected chi connectivity index (χ1v) is 25.3. The topological polar surface area (TPSA) is 135 Å². The van der Waals surface area contributed by atoms with E-state index < -0.39 is 43.4 Å². The van der Waals surface area contributed by atoms with E-state index in [0.717, 1.165) is 44.9 Å². The average Bonchev–Trinajstić information content (AvgIpc) is 3.24. The van der Waals surface area contributed by atoms with Crippen molar-refractivity contribution in [2.24, 2.45) is 0 Å². The van der Waals surface area contributed by atoms with Gasteiger partial charge in [0.05, 0.1) is 19.8 Å². The summed E-state index contributed by atoms with van der Waals surface area (Å²) in [5.74, 6) is -0.319. The van der Waals surface area contributed by atoms with Crippen molar-refractivity contribution in [2.45, 2.75) is 275 Å². The summed E-state index contributed by atoms with van der Waals surface area (Å²) in [5.41, 5.74) is 0. The van der Waals surface area contributed by atoms with Crippen molar-refractivity contribution in [3.05, 3.63) is 12.2 Å².